The fraction of sp³-hybridized carbons (Fsp3) is 0.231. The van der Waals surface area contributed by atoms with E-state index in [1.54, 1.807) is 12.4 Å². The van der Waals surface area contributed by atoms with Crippen LogP contribution in [0.25, 0.3) is 0 Å². The predicted molar refractivity (Wildman–Crippen MR) is 70.8 cm³/mol. The number of nitrogens with zero attached hydrogens (tertiary/aromatic N) is 3. The van der Waals surface area contributed by atoms with E-state index >= 15 is 0 Å². The van der Waals surface area contributed by atoms with E-state index < -0.39 is 0 Å². The summed E-state index contributed by atoms with van der Waals surface area (Å²) in [5, 5.41) is 2.98. The third kappa shape index (κ3) is 2.53. The minimum atomic E-state index is 0.765. The zero-order valence-corrected chi connectivity index (χ0v) is 10.3. The molecule has 0 aliphatic heterocycles. The first-order valence-corrected chi connectivity index (χ1v) is 5.51. The molecule has 1 N–H and O–H groups in total. The topological polar surface area (TPSA) is 41.1 Å². The van der Waals surface area contributed by atoms with Crippen LogP contribution in [-0.2, 0) is 0 Å². The summed E-state index contributed by atoms with van der Waals surface area (Å²) >= 11 is 0. The molecular formula is C13H16N4. The first-order chi connectivity index (χ1) is 8.20. The van der Waals surface area contributed by atoms with Crippen molar-refractivity contribution in [3.8, 4) is 0 Å². The van der Waals surface area contributed by atoms with Crippen molar-refractivity contribution < 1.29 is 0 Å². The van der Waals surface area contributed by atoms with Crippen molar-refractivity contribution in [2.45, 2.75) is 6.92 Å². The number of aromatic nitrogens is 2. The number of aryl methyl sites for hydroxylation is 1. The van der Waals surface area contributed by atoms with E-state index in [-0.39, 0.29) is 0 Å². The van der Waals surface area contributed by atoms with Crippen molar-refractivity contribution in [1.29, 1.82) is 0 Å². The lowest BCUT2D eigenvalue weighted by atomic mass is 10.2. The van der Waals surface area contributed by atoms with Crippen LogP contribution in [0.15, 0.2) is 36.7 Å². The Kier molecular flexibility index (Phi) is 3.23. The minimum absolute atomic E-state index is 0.765. The molecule has 1 aromatic heterocycles. The fourth-order valence-electron chi connectivity index (χ4n) is 1.54. The maximum atomic E-state index is 4.44. The van der Waals surface area contributed by atoms with Gasteiger partial charge in [-0.05, 0) is 19.1 Å². The standard InChI is InChI=1S/C13H16N4/c1-10-4-6-11(7-5-10)17(3)13-9-15-8-12(14-2)16-13/h4-9H,1-3H3,(H,14,16). The van der Waals surface area contributed by atoms with Crippen LogP contribution in [-0.4, -0.2) is 24.1 Å². The largest absolute Gasteiger partial charge is 0.372 e. The van der Waals surface area contributed by atoms with Crippen molar-refractivity contribution in [2.24, 2.45) is 0 Å². The maximum Gasteiger partial charge on any atom is 0.153 e. The third-order valence-electron chi connectivity index (χ3n) is 2.64. The van der Waals surface area contributed by atoms with Gasteiger partial charge >= 0.3 is 0 Å². The average molecular weight is 228 g/mol. The van der Waals surface area contributed by atoms with E-state index in [2.05, 4.69) is 46.5 Å². The Morgan fingerprint density at radius 3 is 2.47 bits per heavy atom. The zero-order valence-electron chi connectivity index (χ0n) is 10.3. The molecule has 0 amide bonds. The summed E-state index contributed by atoms with van der Waals surface area (Å²) in [5.74, 6) is 1.59. The summed E-state index contributed by atoms with van der Waals surface area (Å²) in [6, 6.07) is 8.31. The van der Waals surface area contributed by atoms with Crippen LogP contribution < -0.4 is 10.2 Å². The number of nitrogens with one attached hydrogen (secondary N) is 1. The monoisotopic (exact) mass is 228 g/mol. The highest BCUT2D eigenvalue weighted by molar-refractivity contribution is 5.59. The molecule has 0 saturated carbocycles. The molecule has 0 saturated heterocycles. The molecule has 88 valence electrons. The van der Waals surface area contributed by atoms with Gasteiger partial charge in [-0.25, -0.2) is 4.98 Å². The summed E-state index contributed by atoms with van der Waals surface area (Å²) in [5.41, 5.74) is 2.34. The fourth-order valence-corrected chi connectivity index (χ4v) is 1.54. The first-order valence-electron chi connectivity index (χ1n) is 5.51. The number of anilines is 3. The lowest BCUT2D eigenvalue weighted by molar-refractivity contribution is 1.08. The second kappa shape index (κ2) is 4.82. The maximum absolute atomic E-state index is 4.44. The second-order valence-corrected chi connectivity index (χ2v) is 3.91. The molecular weight excluding hydrogens is 212 g/mol. The van der Waals surface area contributed by atoms with Gasteiger partial charge in [-0.15, -0.1) is 0 Å². The molecule has 0 aliphatic rings. The van der Waals surface area contributed by atoms with Crippen LogP contribution in [0, 0.1) is 6.92 Å². The van der Waals surface area contributed by atoms with Crippen molar-refractivity contribution in [1.82, 2.24) is 9.97 Å². The van der Waals surface area contributed by atoms with Crippen LogP contribution in [0.5, 0.6) is 0 Å². The van der Waals surface area contributed by atoms with Gasteiger partial charge in [0.2, 0.25) is 0 Å². The Morgan fingerprint density at radius 2 is 1.82 bits per heavy atom. The van der Waals surface area contributed by atoms with Gasteiger partial charge < -0.3 is 10.2 Å². The molecule has 2 aromatic rings. The first kappa shape index (κ1) is 11.4. The number of hydrogen-bond acceptors (Lipinski definition) is 4. The van der Waals surface area contributed by atoms with E-state index in [1.165, 1.54) is 5.56 Å². The molecule has 0 radical (unpaired) electrons. The Hall–Kier alpha value is -2.10. The van der Waals surface area contributed by atoms with Crippen LogP contribution in [0.4, 0.5) is 17.3 Å². The molecule has 4 nitrogen and oxygen atoms in total. The number of hydrogen-bond donors (Lipinski definition) is 1. The van der Waals surface area contributed by atoms with Gasteiger partial charge in [-0.2, -0.15) is 0 Å². The molecule has 1 aromatic carbocycles. The second-order valence-electron chi connectivity index (χ2n) is 3.91. The molecule has 0 fully saturated rings. The van der Waals surface area contributed by atoms with E-state index in [1.807, 2.05) is 19.0 Å². The van der Waals surface area contributed by atoms with Gasteiger partial charge in [0, 0.05) is 19.8 Å². The van der Waals surface area contributed by atoms with Crippen molar-refractivity contribution in [3.05, 3.63) is 42.2 Å². The molecule has 4 heteroatoms. The summed E-state index contributed by atoms with van der Waals surface area (Å²) in [6.07, 6.45) is 3.45. The Balaban J connectivity index is 2.29. The van der Waals surface area contributed by atoms with E-state index in [0.29, 0.717) is 0 Å². The Morgan fingerprint density at radius 1 is 1.12 bits per heavy atom. The highest BCUT2D eigenvalue weighted by Crippen LogP contribution is 2.21. The van der Waals surface area contributed by atoms with Gasteiger partial charge in [-0.3, -0.25) is 4.98 Å². The Labute approximate surface area is 101 Å². The van der Waals surface area contributed by atoms with E-state index in [4.69, 9.17) is 0 Å². The lowest BCUT2D eigenvalue weighted by Gasteiger charge is -2.18. The molecule has 0 bridgehead atoms. The molecule has 1 heterocycles. The third-order valence-corrected chi connectivity index (χ3v) is 2.64. The van der Waals surface area contributed by atoms with Gasteiger partial charge in [-0.1, -0.05) is 17.7 Å². The molecule has 0 atom stereocenters. The molecule has 0 aliphatic carbocycles. The SMILES string of the molecule is CNc1cncc(N(C)c2ccc(C)cc2)n1. The van der Waals surface area contributed by atoms with Gasteiger partial charge in [0.1, 0.15) is 5.82 Å². The molecule has 2 rings (SSSR count). The molecule has 0 spiro atoms. The quantitative estimate of drug-likeness (QED) is 0.876. The van der Waals surface area contributed by atoms with Crippen molar-refractivity contribution in [3.63, 3.8) is 0 Å². The predicted octanol–water partition coefficient (Wildman–Crippen LogP) is 2.59. The molecule has 0 unspecified atom stereocenters. The highest BCUT2D eigenvalue weighted by Gasteiger charge is 2.05. The summed E-state index contributed by atoms with van der Waals surface area (Å²) < 4.78 is 0. The van der Waals surface area contributed by atoms with Crippen LogP contribution >= 0.6 is 0 Å². The number of benzene rings is 1. The van der Waals surface area contributed by atoms with Gasteiger partial charge in [0.25, 0.3) is 0 Å². The highest BCUT2D eigenvalue weighted by atomic mass is 15.2. The lowest BCUT2D eigenvalue weighted by Crippen LogP contribution is -2.12. The van der Waals surface area contributed by atoms with Crippen LogP contribution in [0.2, 0.25) is 0 Å². The van der Waals surface area contributed by atoms with Crippen molar-refractivity contribution >= 4 is 17.3 Å². The van der Waals surface area contributed by atoms with E-state index in [9.17, 15) is 0 Å². The zero-order chi connectivity index (χ0) is 12.3. The van der Waals surface area contributed by atoms with Gasteiger partial charge in [0.05, 0.1) is 12.4 Å². The summed E-state index contributed by atoms with van der Waals surface area (Å²) in [4.78, 5) is 10.6. The van der Waals surface area contributed by atoms with Crippen molar-refractivity contribution in [2.75, 3.05) is 24.3 Å². The normalized spacial score (nSPS) is 10.1. The van der Waals surface area contributed by atoms with Gasteiger partial charge in [0.15, 0.2) is 5.82 Å². The smallest absolute Gasteiger partial charge is 0.153 e. The summed E-state index contributed by atoms with van der Waals surface area (Å²) in [7, 11) is 3.81. The minimum Gasteiger partial charge on any atom is -0.372 e. The molecule has 17 heavy (non-hydrogen) atoms. The van der Waals surface area contributed by atoms with Crippen LogP contribution in [0.3, 0.4) is 0 Å². The number of rotatable bonds is 3. The van der Waals surface area contributed by atoms with Crippen LogP contribution in [0.1, 0.15) is 5.56 Å². The Bertz CT molecular complexity index is 493. The average Bonchev–Trinajstić information content (AvgIpc) is 2.39. The summed E-state index contributed by atoms with van der Waals surface area (Å²) in [6.45, 7) is 2.07. The van der Waals surface area contributed by atoms with E-state index in [0.717, 1.165) is 17.3 Å².